The fraction of sp³-hybridized carbons (Fsp3) is 1.00. The molecule has 0 aromatic carbocycles. The molecule has 90 valence electrons. The van der Waals surface area contributed by atoms with Gasteiger partial charge in [-0.2, -0.15) is 11.8 Å². The molecule has 1 rings (SSSR count). The van der Waals surface area contributed by atoms with Crippen molar-refractivity contribution in [2.24, 2.45) is 0 Å². The molecule has 0 aliphatic carbocycles. The molecule has 1 heterocycles. The third kappa shape index (κ3) is 4.72. The van der Waals surface area contributed by atoms with E-state index in [2.05, 4.69) is 5.32 Å². The van der Waals surface area contributed by atoms with Crippen molar-refractivity contribution in [3.63, 3.8) is 0 Å². The molecule has 15 heavy (non-hydrogen) atoms. The van der Waals surface area contributed by atoms with E-state index in [4.69, 9.17) is 0 Å². The number of hydrogen-bond donors (Lipinski definition) is 1. The standard InChI is InChI=1S/C9H20N2O2S2/c1-11(2)15(12,13)8-5-10-9-3-6-14-7-4-9/h9-10H,3-8H2,1-2H3. The minimum Gasteiger partial charge on any atom is -0.313 e. The van der Waals surface area contributed by atoms with Crippen molar-refractivity contribution in [1.82, 2.24) is 9.62 Å². The fourth-order valence-corrected chi connectivity index (χ4v) is 3.32. The van der Waals surface area contributed by atoms with E-state index >= 15 is 0 Å². The molecular formula is C9H20N2O2S2. The van der Waals surface area contributed by atoms with Crippen LogP contribution in [-0.2, 0) is 10.0 Å². The number of sulfonamides is 1. The zero-order valence-electron chi connectivity index (χ0n) is 9.40. The highest BCUT2D eigenvalue weighted by Crippen LogP contribution is 2.16. The molecule has 6 heteroatoms. The maximum Gasteiger partial charge on any atom is 0.214 e. The van der Waals surface area contributed by atoms with E-state index in [9.17, 15) is 8.42 Å². The number of thioether (sulfide) groups is 1. The van der Waals surface area contributed by atoms with Gasteiger partial charge in [0.2, 0.25) is 10.0 Å². The Bertz CT molecular complexity index is 272. The maximum absolute atomic E-state index is 11.5. The lowest BCUT2D eigenvalue weighted by atomic mass is 10.1. The molecule has 0 bridgehead atoms. The zero-order valence-corrected chi connectivity index (χ0v) is 11.0. The summed E-state index contributed by atoms with van der Waals surface area (Å²) in [5.41, 5.74) is 0. The Morgan fingerprint density at radius 2 is 1.93 bits per heavy atom. The second-order valence-corrected chi connectivity index (χ2v) is 7.47. The van der Waals surface area contributed by atoms with Gasteiger partial charge in [-0.3, -0.25) is 0 Å². The Labute approximate surface area is 96.8 Å². The van der Waals surface area contributed by atoms with Crippen LogP contribution < -0.4 is 5.32 Å². The summed E-state index contributed by atoms with van der Waals surface area (Å²) in [5.74, 6) is 2.58. The van der Waals surface area contributed by atoms with Crippen LogP contribution in [0.1, 0.15) is 12.8 Å². The predicted molar refractivity (Wildman–Crippen MR) is 65.8 cm³/mol. The summed E-state index contributed by atoms with van der Waals surface area (Å²) in [6.45, 7) is 0.565. The van der Waals surface area contributed by atoms with Crippen molar-refractivity contribution in [2.75, 3.05) is 37.9 Å². The lowest BCUT2D eigenvalue weighted by Crippen LogP contribution is -2.38. The Morgan fingerprint density at radius 3 is 2.47 bits per heavy atom. The molecule has 0 saturated carbocycles. The Morgan fingerprint density at radius 1 is 1.33 bits per heavy atom. The molecule has 1 saturated heterocycles. The zero-order chi connectivity index (χ0) is 11.3. The van der Waals surface area contributed by atoms with Gasteiger partial charge >= 0.3 is 0 Å². The molecular weight excluding hydrogens is 232 g/mol. The number of hydrogen-bond acceptors (Lipinski definition) is 4. The quantitative estimate of drug-likeness (QED) is 0.768. The summed E-state index contributed by atoms with van der Waals surface area (Å²) >= 11 is 1.98. The van der Waals surface area contributed by atoms with Gasteiger partial charge in [-0.05, 0) is 24.3 Å². The van der Waals surface area contributed by atoms with E-state index in [1.165, 1.54) is 15.8 Å². The summed E-state index contributed by atoms with van der Waals surface area (Å²) in [7, 11) is 0.119. The first kappa shape index (κ1) is 13.3. The van der Waals surface area contributed by atoms with Gasteiger partial charge in [0.1, 0.15) is 0 Å². The van der Waals surface area contributed by atoms with Gasteiger partial charge < -0.3 is 5.32 Å². The second kappa shape index (κ2) is 6.08. The van der Waals surface area contributed by atoms with Crippen LogP contribution in [0.25, 0.3) is 0 Å². The second-order valence-electron chi connectivity index (χ2n) is 3.94. The molecule has 0 amide bonds. The van der Waals surface area contributed by atoms with Crippen LogP contribution in [0.5, 0.6) is 0 Å². The average molecular weight is 252 g/mol. The van der Waals surface area contributed by atoms with Gasteiger partial charge in [0.25, 0.3) is 0 Å². The first-order valence-corrected chi connectivity index (χ1v) is 8.00. The van der Waals surface area contributed by atoms with Gasteiger partial charge in [0, 0.05) is 26.7 Å². The van der Waals surface area contributed by atoms with E-state index in [1.807, 2.05) is 11.8 Å². The summed E-state index contributed by atoms with van der Waals surface area (Å²) < 4.78 is 24.2. The summed E-state index contributed by atoms with van der Waals surface area (Å²) in [4.78, 5) is 0. The Kier molecular flexibility index (Phi) is 5.38. The van der Waals surface area contributed by atoms with Crippen molar-refractivity contribution in [2.45, 2.75) is 18.9 Å². The third-order valence-corrected chi connectivity index (χ3v) is 5.45. The predicted octanol–water partition coefficient (Wildman–Crippen LogP) is 0.363. The molecule has 0 spiro atoms. The SMILES string of the molecule is CN(C)S(=O)(=O)CCNC1CCSCC1. The van der Waals surface area contributed by atoms with Crippen LogP contribution in [0, 0.1) is 0 Å². The van der Waals surface area contributed by atoms with Crippen molar-refractivity contribution >= 4 is 21.8 Å². The van der Waals surface area contributed by atoms with Crippen LogP contribution in [0.2, 0.25) is 0 Å². The molecule has 0 aromatic rings. The van der Waals surface area contributed by atoms with E-state index in [-0.39, 0.29) is 5.75 Å². The van der Waals surface area contributed by atoms with Crippen LogP contribution in [-0.4, -0.2) is 56.7 Å². The largest absolute Gasteiger partial charge is 0.313 e. The maximum atomic E-state index is 11.5. The first-order valence-electron chi connectivity index (χ1n) is 5.24. The smallest absolute Gasteiger partial charge is 0.214 e. The van der Waals surface area contributed by atoms with Gasteiger partial charge in [0.05, 0.1) is 5.75 Å². The summed E-state index contributed by atoms with van der Waals surface area (Å²) in [5, 5.41) is 3.31. The van der Waals surface area contributed by atoms with Crippen LogP contribution in [0.4, 0.5) is 0 Å². The van der Waals surface area contributed by atoms with Crippen LogP contribution in [0.15, 0.2) is 0 Å². The average Bonchev–Trinajstić information content (AvgIpc) is 2.19. The highest BCUT2D eigenvalue weighted by Gasteiger charge is 2.16. The molecule has 4 nitrogen and oxygen atoms in total. The Balaban J connectivity index is 2.20. The molecule has 0 unspecified atom stereocenters. The number of rotatable bonds is 5. The molecule has 1 aliphatic rings. The lowest BCUT2D eigenvalue weighted by Gasteiger charge is -2.22. The van der Waals surface area contributed by atoms with Crippen LogP contribution in [0.3, 0.4) is 0 Å². The normalized spacial score (nSPS) is 19.7. The van der Waals surface area contributed by atoms with Gasteiger partial charge in [-0.25, -0.2) is 12.7 Å². The van der Waals surface area contributed by atoms with E-state index in [0.717, 1.165) is 12.8 Å². The van der Waals surface area contributed by atoms with E-state index in [1.54, 1.807) is 14.1 Å². The van der Waals surface area contributed by atoms with Crippen molar-refractivity contribution in [1.29, 1.82) is 0 Å². The highest BCUT2D eigenvalue weighted by atomic mass is 32.2. The summed E-state index contributed by atoms with van der Waals surface area (Å²) in [6, 6.07) is 0.517. The minimum atomic E-state index is -3.03. The number of nitrogens with zero attached hydrogens (tertiary/aromatic N) is 1. The number of nitrogens with one attached hydrogen (secondary N) is 1. The Hall–Kier alpha value is 0.220. The van der Waals surface area contributed by atoms with Crippen LogP contribution >= 0.6 is 11.8 Å². The monoisotopic (exact) mass is 252 g/mol. The highest BCUT2D eigenvalue weighted by molar-refractivity contribution is 7.99. The molecule has 0 radical (unpaired) electrons. The van der Waals surface area contributed by atoms with E-state index in [0.29, 0.717) is 12.6 Å². The first-order chi connectivity index (χ1) is 7.02. The van der Waals surface area contributed by atoms with Crippen molar-refractivity contribution in [3.05, 3.63) is 0 Å². The topological polar surface area (TPSA) is 49.4 Å². The fourth-order valence-electron chi connectivity index (χ4n) is 1.48. The molecule has 1 fully saturated rings. The minimum absolute atomic E-state index is 0.198. The summed E-state index contributed by atoms with van der Waals surface area (Å²) in [6.07, 6.45) is 2.32. The lowest BCUT2D eigenvalue weighted by molar-refractivity contribution is 0.484. The molecule has 0 atom stereocenters. The van der Waals surface area contributed by atoms with Gasteiger partial charge in [0.15, 0.2) is 0 Å². The third-order valence-electron chi connectivity index (χ3n) is 2.57. The molecule has 1 N–H and O–H groups in total. The molecule has 1 aliphatic heterocycles. The van der Waals surface area contributed by atoms with Gasteiger partial charge in [-0.15, -0.1) is 0 Å². The van der Waals surface area contributed by atoms with Gasteiger partial charge in [-0.1, -0.05) is 0 Å². The molecule has 0 aromatic heterocycles. The van der Waals surface area contributed by atoms with Crippen molar-refractivity contribution in [3.8, 4) is 0 Å². The van der Waals surface area contributed by atoms with Crippen molar-refractivity contribution < 1.29 is 8.42 Å². The van der Waals surface area contributed by atoms with E-state index < -0.39 is 10.0 Å².